The minimum atomic E-state index is -0.853. The Kier molecular flexibility index (Phi) is 8.79. The Morgan fingerprint density at radius 1 is 1.47 bits per heavy atom. The summed E-state index contributed by atoms with van der Waals surface area (Å²) in [6.45, 7) is 3.20. The Bertz CT molecular complexity index is 291. The van der Waals surface area contributed by atoms with Gasteiger partial charge in [0.25, 0.3) is 0 Å². The molecule has 0 aromatic heterocycles. The molecule has 0 saturated carbocycles. The van der Waals surface area contributed by atoms with Crippen LogP contribution in [0.15, 0.2) is 0 Å². The normalized spacial score (nSPS) is 13.8. The van der Waals surface area contributed by atoms with E-state index in [2.05, 4.69) is 21.4 Å². The summed E-state index contributed by atoms with van der Waals surface area (Å²) < 4.78 is 5.73. The van der Waals surface area contributed by atoms with E-state index in [-0.39, 0.29) is 5.97 Å². The van der Waals surface area contributed by atoms with Crippen LogP contribution in [0.5, 0.6) is 0 Å². The van der Waals surface area contributed by atoms with Crippen LogP contribution in [0.25, 0.3) is 0 Å². The van der Waals surface area contributed by atoms with Gasteiger partial charge in [-0.1, -0.05) is 0 Å². The number of ether oxygens (including phenoxy) is 1. The molecule has 0 radical (unpaired) electrons. The second kappa shape index (κ2) is 8.87. The number of rotatable bonds is 8. The fraction of sp³-hybridized carbons (Fsp3) is 0.727. The quantitative estimate of drug-likeness (QED) is 0.509. The molecule has 0 fully saturated rings. The Labute approximate surface area is 116 Å². The van der Waals surface area contributed by atoms with E-state index in [1.807, 2.05) is 6.92 Å². The number of carboxylic acid groups (broad SMARTS) is 1. The monoisotopic (exact) mass is 374 g/mol. The molecule has 4 nitrogen and oxygen atoms in total. The molecular weight excluding hydrogens is 354 g/mol. The molecule has 0 rings (SSSR count). The van der Waals surface area contributed by atoms with Crippen molar-refractivity contribution < 1.29 is 19.4 Å². The van der Waals surface area contributed by atoms with Gasteiger partial charge in [-0.25, -0.2) is 0 Å². The van der Waals surface area contributed by atoms with Gasteiger partial charge in [0.2, 0.25) is 0 Å². The third kappa shape index (κ3) is 6.37. The van der Waals surface area contributed by atoms with Gasteiger partial charge in [-0.2, -0.15) is 0 Å². The summed E-state index contributed by atoms with van der Waals surface area (Å²) in [6, 6.07) is 0. The zero-order chi connectivity index (χ0) is 13.4. The van der Waals surface area contributed by atoms with Gasteiger partial charge in [-0.05, 0) is 0 Å². The first-order chi connectivity index (χ1) is 7.93. The molecule has 0 saturated heterocycles. The summed E-state index contributed by atoms with van der Waals surface area (Å²) in [4.78, 5) is 22.1. The van der Waals surface area contributed by atoms with E-state index in [1.165, 1.54) is 6.92 Å². The molecular formula is C11H18O4Se2. The summed E-state index contributed by atoms with van der Waals surface area (Å²) in [5, 5.41) is 10.1. The number of carbonyl (C=O) groups is 2. The van der Waals surface area contributed by atoms with Crippen molar-refractivity contribution >= 4 is 46.9 Å². The number of hydrogen-bond acceptors (Lipinski definition) is 3. The van der Waals surface area contributed by atoms with Gasteiger partial charge >= 0.3 is 116 Å². The molecule has 0 aliphatic heterocycles. The maximum atomic E-state index is 11.2. The molecule has 0 bridgehead atoms. The zero-order valence-corrected chi connectivity index (χ0v) is 13.7. The molecule has 98 valence electrons. The van der Waals surface area contributed by atoms with E-state index in [9.17, 15) is 14.7 Å². The van der Waals surface area contributed by atoms with Crippen LogP contribution in [0, 0.1) is 5.92 Å². The average Bonchev–Trinajstić information content (AvgIpc) is 2.25. The van der Waals surface area contributed by atoms with Crippen molar-refractivity contribution in [2.24, 2.45) is 5.92 Å². The molecule has 0 amide bonds. The van der Waals surface area contributed by atoms with Gasteiger partial charge in [-0.15, -0.1) is 0 Å². The van der Waals surface area contributed by atoms with Crippen LogP contribution in [-0.2, 0) is 14.3 Å². The molecule has 2 atom stereocenters. The van der Waals surface area contributed by atoms with E-state index in [4.69, 9.17) is 4.74 Å². The summed E-state index contributed by atoms with van der Waals surface area (Å²) in [5.74, 6) is 0.289. The molecule has 0 aliphatic carbocycles. The van der Waals surface area contributed by atoms with E-state index >= 15 is 0 Å². The van der Waals surface area contributed by atoms with Gasteiger partial charge < -0.3 is 0 Å². The SMILES string of the molecule is CCC(OC(C)=O)C(=[Se])C(CC[Se]C)C(=O)O. The molecule has 1 N–H and O–H groups in total. The van der Waals surface area contributed by atoms with Crippen LogP contribution >= 0.6 is 0 Å². The van der Waals surface area contributed by atoms with Gasteiger partial charge in [0.15, 0.2) is 0 Å². The Morgan fingerprint density at radius 3 is 2.41 bits per heavy atom. The average molecular weight is 372 g/mol. The number of aliphatic carboxylic acids is 1. The Balaban J connectivity index is 4.66. The summed E-state index contributed by atoms with van der Waals surface area (Å²) >= 11 is 3.24. The fourth-order valence-corrected chi connectivity index (χ4v) is 3.29. The van der Waals surface area contributed by atoms with Crippen molar-refractivity contribution in [2.75, 3.05) is 0 Å². The molecule has 0 spiro atoms. The molecule has 6 heteroatoms. The third-order valence-electron chi connectivity index (χ3n) is 2.25. The summed E-state index contributed by atoms with van der Waals surface area (Å²) in [5.41, 5.74) is 0. The van der Waals surface area contributed by atoms with Gasteiger partial charge in [0, 0.05) is 0 Å². The molecule has 0 aromatic rings. The fourth-order valence-electron chi connectivity index (χ4n) is 1.39. The molecule has 0 aromatic carbocycles. The van der Waals surface area contributed by atoms with E-state index < -0.39 is 18.0 Å². The van der Waals surface area contributed by atoms with Gasteiger partial charge in [0.1, 0.15) is 0 Å². The molecule has 0 aliphatic rings. The number of esters is 1. The first-order valence-corrected chi connectivity index (χ1v) is 9.14. The van der Waals surface area contributed by atoms with Crippen molar-refractivity contribution in [3.05, 3.63) is 0 Å². The predicted octanol–water partition coefficient (Wildman–Crippen LogP) is 0.931. The van der Waals surface area contributed by atoms with Crippen LogP contribution in [0.2, 0.25) is 11.1 Å². The second-order valence-corrected chi connectivity index (χ2v) is 6.64. The van der Waals surface area contributed by atoms with Crippen LogP contribution in [0.4, 0.5) is 0 Å². The van der Waals surface area contributed by atoms with Crippen LogP contribution in [-0.4, -0.2) is 58.1 Å². The van der Waals surface area contributed by atoms with E-state index in [0.29, 0.717) is 32.2 Å². The first kappa shape index (κ1) is 16.8. The van der Waals surface area contributed by atoms with Crippen LogP contribution in [0.1, 0.15) is 26.7 Å². The number of carbonyl (C=O) groups excluding carboxylic acids is 1. The maximum absolute atomic E-state index is 11.2. The van der Waals surface area contributed by atoms with Crippen molar-refractivity contribution in [3.63, 3.8) is 0 Å². The standard InChI is InChI=1S/C11H18O4Se2/c1-4-9(15-7(2)12)10(16)8(11(13)14)5-6-17-3/h8-9H,4-6H2,1-3H3,(H,13,14). The molecule has 17 heavy (non-hydrogen) atoms. The Hall–Kier alpha value is -0.151. The van der Waals surface area contributed by atoms with Gasteiger partial charge in [0.05, 0.1) is 0 Å². The van der Waals surface area contributed by atoms with Gasteiger partial charge in [-0.3, -0.25) is 0 Å². The van der Waals surface area contributed by atoms with Crippen LogP contribution < -0.4 is 0 Å². The summed E-state index contributed by atoms with van der Waals surface area (Å²) in [7, 11) is 0. The van der Waals surface area contributed by atoms with Crippen molar-refractivity contribution in [3.8, 4) is 0 Å². The number of carboxylic acids is 1. The zero-order valence-electron chi connectivity index (χ0n) is 10.3. The summed E-state index contributed by atoms with van der Waals surface area (Å²) in [6.07, 6.45) is 0.757. The minimum absolute atomic E-state index is 0.381. The first-order valence-electron chi connectivity index (χ1n) is 5.36. The Morgan fingerprint density at radius 2 is 2.06 bits per heavy atom. The predicted molar refractivity (Wildman–Crippen MR) is 68.8 cm³/mol. The van der Waals surface area contributed by atoms with Crippen LogP contribution in [0.3, 0.4) is 0 Å². The topological polar surface area (TPSA) is 63.6 Å². The van der Waals surface area contributed by atoms with E-state index in [0.717, 1.165) is 5.32 Å². The second-order valence-electron chi connectivity index (χ2n) is 3.58. The molecule has 2 unspecified atom stereocenters. The van der Waals surface area contributed by atoms with Crippen molar-refractivity contribution in [2.45, 2.75) is 43.9 Å². The number of hydrogen-bond donors (Lipinski definition) is 1. The van der Waals surface area contributed by atoms with Crippen molar-refractivity contribution in [1.29, 1.82) is 0 Å². The molecule has 0 heterocycles. The van der Waals surface area contributed by atoms with E-state index in [1.54, 1.807) is 0 Å². The third-order valence-corrected chi connectivity index (χ3v) is 4.75. The van der Waals surface area contributed by atoms with Crippen molar-refractivity contribution in [1.82, 2.24) is 0 Å².